The summed E-state index contributed by atoms with van der Waals surface area (Å²) in [6.45, 7) is 4.68. The number of carboxylic acids is 1. The van der Waals surface area contributed by atoms with Crippen LogP contribution in [0.1, 0.15) is 34.3 Å². The van der Waals surface area contributed by atoms with E-state index in [1.165, 1.54) is 18.7 Å². The SMILES string of the molecule is CCn1cc(C(=O)O)c(=O)c2cnc(N3CCN(C(=S)CC(=O)c4ccco4)CC3)nc21. The third-order valence-electron chi connectivity index (χ3n) is 5.40. The quantitative estimate of drug-likeness (QED) is 0.435. The van der Waals surface area contributed by atoms with E-state index in [0.29, 0.717) is 55.1 Å². The van der Waals surface area contributed by atoms with Gasteiger partial charge in [0.15, 0.2) is 5.76 Å². The number of fused-ring (bicyclic) bond motifs is 1. The van der Waals surface area contributed by atoms with Gasteiger partial charge in [-0.05, 0) is 19.1 Å². The second kappa shape index (κ2) is 8.87. The normalized spacial score (nSPS) is 14.0. The molecule has 0 aliphatic carbocycles. The fourth-order valence-electron chi connectivity index (χ4n) is 3.64. The highest BCUT2D eigenvalue weighted by Gasteiger charge is 2.24. The third kappa shape index (κ3) is 4.11. The summed E-state index contributed by atoms with van der Waals surface area (Å²) in [5.74, 6) is -0.678. The summed E-state index contributed by atoms with van der Waals surface area (Å²) < 4.78 is 6.77. The van der Waals surface area contributed by atoms with Gasteiger partial charge in [-0.15, -0.1) is 0 Å². The number of piperazine rings is 1. The number of aryl methyl sites for hydroxylation is 1. The van der Waals surface area contributed by atoms with Gasteiger partial charge in [-0.2, -0.15) is 4.98 Å². The molecule has 10 nitrogen and oxygen atoms in total. The van der Waals surface area contributed by atoms with Crippen molar-refractivity contribution in [1.29, 1.82) is 0 Å². The van der Waals surface area contributed by atoms with Gasteiger partial charge in [-0.3, -0.25) is 9.59 Å². The number of ketones is 1. The molecule has 0 amide bonds. The second-order valence-corrected chi connectivity index (χ2v) is 7.79. The molecule has 166 valence electrons. The van der Waals surface area contributed by atoms with E-state index in [2.05, 4.69) is 9.97 Å². The Labute approximate surface area is 188 Å². The van der Waals surface area contributed by atoms with Gasteiger partial charge in [0.05, 0.1) is 23.1 Å². The molecule has 0 spiro atoms. The van der Waals surface area contributed by atoms with E-state index in [4.69, 9.17) is 16.6 Å². The Morgan fingerprint density at radius 3 is 2.62 bits per heavy atom. The van der Waals surface area contributed by atoms with Crippen molar-refractivity contribution < 1.29 is 19.1 Å². The molecular formula is C21H21N5O5S. The monoisotopic (exact) mass is 455 g/mol. The van der Waals surface area contributed by atoms with Gasteiger partial charge in [-0.25, -0.2) is 9.78 Å². The van der Waals surface area contributed by atoms with Crippen LogP contribution in [-0.2, 0) is 6.54 Å². The number of nitrogens with zero attached hydrogens (tertiary/aromatic N) is 5. The molecule has 32 heavy (non-hydrogen) atoms. The molecule has 1 saturated heterocycles. The molecule has 3 aromatic rings. The number of carbonyl (C=O) groups excluding carboxylic acids is 1. The van der Waals surface area contributed by atoms with Gasteiger partial charge in [0.25, 0.3) is 0 Å². The molecule has 3 aromatic heterocycles. The molecule has 1 aliphatic heterocycles. The molecule has 0 bridgehead atoms. The summed E-state index contributed by atoms with van der Waals surface area (Å²) in [7, 11) is 0. The Hall–Kier alpha value is -3.60. The number of aromatic nitrogens is 3. The van der Waals surface area contributed by atoms with Crippen LogP contribution in [0.25, 0.3) is 11.0 Å². The average molecular weight is 455 g/mol. The van der Waals surface area contributed by atoms with E-state index < -0.39 is 11.4 Å². The number of carboxylic acid groups (broad SMARTS) is 1. The predicted octanol–water partition coefficient (Wildman–Crippen LogP) is 1.82. The number of carbonyl (C=O) groups is 2. The van der Waals surface area contributed by atoms with Crippen molar-refractivity contribution in [3.8, 4) is 0 Å². The van der Waals surface area contributed by atoms with Crippen LogP contribution in [-0.4, -0.2) is 67.5 Å². The van der Waals surface area contributed by atoms with Crippen molar-refractivity contribution in [3.63, 3.8) is 0 Å². The lowest BCUT2D eigenvalue weighted by atomic mass is 10.2. The predicted molar refractivity (Wildman–Crippen MR) is 120 cm³/mol. The van der Waals surface area contributed by atoms with Gasteiger partial charge in [0.2, 0.25) is 17.2 Å². The number of anilines is 1. The number of furan rings is 1. The van der Waals surface area contributed by atoms with E-state index >= 15 is 0 Å². The molecule has 4 rings (SSSR count). The number of thiocarbonyl (C=S) groups is 1. The van der Waals surface area contributed by atoms with Gasteiger partial charge in [0.1, 0.15) is 11.2 Å². The number of hydrogen-bond acceptors (Lipinski definition) is 8. The van der Waals surface area contributed by atoms with Crippen molar-refractivity contribution in [2.24, 2.45) is 0 Å². The first-order chi connectivity index (χ1) is 15.4. The fraction of sp³-hybridized carbons (Fsp3) is 0.333. The number of rotatable bonds is 6. The van der Waals surface area contributed by atoms with Crippen molar-refractivity contribution in [3.05, 3.63) is 52.3 Å². The molecule has 0 radical (unpaired) electrons. The fourth-order valence-corrected chi connectivity index (χ4v) is 3.95. The topological polar surface area (TPSA) is 122 Å². The third-order valence-corrected chi connectivity index (χ3v) is 5.80. The number of hydrogen-bond donors (Lipinski definition) is 1. The molecule has 4 heterocycles. The van der Waals surface area contributed by atoms with Crippen molar-refractivity contribution in [2.75, 3.05) is 31.1 Å². The zero-order valence-electron chi connectivity index (χ0n) is 17.4. The molecule has 0 saturated carbocycles. The Morgan fingerprint density at radius 2 is 2.00 bits per heavy atom. The summed E-state index contributed by atoms with van der Waals surface area (Å²) >= 11 is 5.45. The van der Waals surface area contributed by atoms with Crippen molar-refractivity contribution in [2.45, 2.75) is 19.9 Å². The van der Waals surface area contributed by atoms with Gasteiger partial charge in [-0.1, -0.05) is 12.2 Å². The van der Waals surface area contributed by atoms with Crippen LogP contribution in [0.4, 0.5) is 5.95 Å². The zero-order chi connectivity index (χ0) is 22.8. The standard InChI is InChI=1S/C21H21N5O5S/c1-2-24-12-14(20(29)30)18(28)13-11-22-21(23-19(13)24)26-7-5-25(6-8-26)17(32)10-15(27)16-4-3-9-31-16/h3-4,9,11-12H,2,5-8,10H2,1H3,(H,29,30). The Kier molecular flexibility index (Phi) is 5.99. The van der Waals surface area contributed by atoms with Gasteiger partial charge >= 0.3 is 5.97 Å². The minimum absolute atomic E-state index is 0.115. The molecule has 1 aliphatic rings. The lowest BCUT2D eigenvalue weighted by Gasteiger charge is -2.36. The van der Waals surface area contributed by atoms with Gasteiger partial charge in [0, 0.05) is 45.1 Å². The summed E-state index contributed by atoms with van der Waals surface area (Å²) in [5, 5.41) is 9.45. The largest absolute Gasteiger partial charge is 0.477 e. The van der Waals surface area contributed by atoms with Crippen LogP contribution >= 0.6 is 12.2 Å². The van der Waals surface area contributed by atoms with Crippen LogP contribution in [0.15, 0.2) is 40.0 Å². The minimum atomic E-state index is -1.28. The van der Waals surface area contributed by atoms with Crippen LogP contribution in [0.3, 0.4) is 0 Å². The highest BCUT2D eigenvalue weighted by Crippen LogP contribution is 2.17. The first kappa shape index (κ1) is 21.6. The summed E-state index contributed by atoms with van der Waals surface area (Å²) in [6, 6.07) is 3.29. The second-order valence-electron chi connectivity index (χ2n) is 7.32. The molecule has 1 fully saturated rings. The summed E-state index contributed by atoms with van der Waals surface area (Å²) in [4.78, 5) is 49.4. The van der Waals surface area contributed by atoms with E-state index in [1.54, 1.807) is 16.7 Å². The molecular weight excluding hydrogens is 434 g/mol. The van der Waals surface area contributed by atoms with Crippen LogP contribution in [0.5, 0.6) is 0 Å². The molecule has 1 N–H and O–H groups in total. The number of Topliss-reactive ketones (excluding diaryl/α,β-unsaturated/α-hetero) is 1. The maximum atomic E-state index is 12.5. The minimum Gasteiger partial charge on any atom is -0.477 e. The Balaban J connectivity index is 1.48. The maximum Gasteiger partial charge on any atom is 0.341 e. The van der Waals surface area contributed by atoms with Crippen LogP contribution < -0.4 is 10.3 Å². The van der Waals surface area contributed by atoms with E-state index in [0.717, 1.165) is 0 Å². The average Bonchev–Trinajstić information content (AvgIpc) is 3.34. The molecule has 11 heteroatoms. The lowest BCUT2D eigenvalue weighted by molar-refractivity contribution is 0.0694. The van der Waals surface area contributed by atoms with Crippen molar-refractivity contribution >= 4 is 45.9 Å². The Morgan fingerprint density at radius 1 is 1.25 bits per heavy atom. The van der Waals surface area contributed by atoms with Crippen LogP contribution in [0.2, 0.25) is 0 Å². The van der Waals surface area contributed by atoms with Crippen molar-refractivity contribution in [1.82, 2.24) is 19.4 Å². The zero-order valence-corrected chi connectivity index (χ0v) is 18.2. The highest BCUT2D eigenvalue weighted by molar-refractivity contribution is 7.80. The number of pyridine rings is 1. The first-order valence-electron chi connectivity index (χ1n) is 10.1. The van der Waals surface area contributed by atoms with E-state index in [1.807, 2.05) is 16.7 Å². The molecule has 0 unspecified atom stereocenters. The highest BCUT2D eigenvalue weighted by atomic mass is 32.1. The number of aromatic carboxylic acids is 1. The molecule has 0 atom stereocenters. The Bertz CT molecular complexity index is 1250. The van der Waals surface area contributed by atoms with E-state index in [9.17, 15) is 19.5 Å². The smallest absolute Gasteiger partial charge is 0.341 e. The summed E-state index contributed by atoms with van der Waals surface area (Å²) in [5.41, 5.74) is -0.503. The lowest BCUT2D eigenvalue weighted by Crippen LogP contribution is -2.49. The first-order valence-corrected chi connectivity index (χ1v) is 10.5. The summed E-state index contributed by atoms with van der Waals surface area (Å²) in [6.07, 6.45) is 4.27. The van der Waals surface area contributed by atoms with Crippen LogP contribution in [0, 0.1) is 0 Å². The van der Waals surface area contributed by atoms with E-state index in [-0.39, 0.29) is 23.2 Å². The molecule has 0 aromatic carbocycles. The maximum absolute atomic E-state index is 12.5. The van der Waals surface area contributed by atoms with Gasteiger partial charge < -0.3 is 23.9 Å².